The number of furan rings is 1. The van der Waals surface area contributed by atoms with Crippen LogP contribution in [0.5, 0.6) is 5.06 Å². The predicted octanol–water partition coefficient (Wildman–Crippen LogP) is 2.34. The van der Waals surface area contributed by atoms with Crippen LogP contribution in [0.2, 0.25) is 0 Å². The lowest BCUT2D eigenvalue weighted by atomic mass is 10.2. The molecule has 0 atom stereocenters. The molecule has 3 heterocycles. The number of nitrogens with two attached hydrogens (primary N) is 2. The summed E-state index contributed by atoms with van der Waals surface area (Å²) in [5.41, 5.74) is 11.9. The van der Waals surface area contributed by atoms with Crippen molar-refractivity contribution in [3.8, 4) is 16.5 Å². The zero-order valence-corrected chi connectivity index (χ0v) is 12.7. The predicted molar refractivity (Wildman–Crippen MR) is 84.0 cm³/mol. The van der Waals surface area contributed by atoms with Crippen LogP contribution in [0.25, 0.3) is 21.7 Å². The van der Waals surface area contributed by atoms with Gasteiger partial charge in [0.25, 0.3) is 0 Å². The number of amides is 1. The number of nitrogens with one attached hydrogen (secondary N) is 1. The van der Waals surface area contributed by atoms with Crippen LogP contribution in [-0.2, 0) is 0 Å². The smallest absolute Gasteiger partial charge is 0.410 e. The van der Waals surface area contributed by atoms with Crippen molar-refractivity contribution in [2.24, 2.45) is 5.73 Å². The first-order chi connectivity index (χ1) is 10.5. The third-order valence-corrected chi connectivity index (χ3v) is 3.92. The Balaban J connectivity index is 2.29. The molecule has 22 heavy (non-hydrogen) atoms. The molecule has 0 aliphatic heterocycles. The zero-order chi connectivity index (χ0) is 15.9. The van der Waals surface area contributed by atoms with Gasteiger partial charge < -0.3 is 25.9 Å². The van der Waals surface area contributed by atoms with E-state index in [0.717, 1.165) is 17.1 Å². The summed E-state index contributed by atoms with van der Waals surface area (Å²) in [4.78, 5) is 20.2. The SMILES string of the molecule is CNc1nc(-c2ccc(C)o2)c2c(N)c(OC(N)=O)sc2n1. The van der Waals surface area contributed by atoms with Crippen molar-refractivity contribution >= 4 is 39.3 Å². The monoisotopic (exact) mass is 319 g/mol. The Morgan fingerprint density at radius 1 is 1.41 bits per heavy atom. The maximum Gasteiger partial charge on any atom is 0.410 e. The molecule has 0 radical (unpaired) electrons. The van der Waals surface area contributed by atoms with Crippen molar-refractivity contribution < 1.29 is 13.9 Å². The molecular formula is C13H13N5O3S. The summed E-state index contributed by atoms with van der Waals surface area (Å²) in [7, 11) is 1.70. The Morgan fingerprint density at radius 3 is 2.77 bits per heavy atom. The number of nitrogens with zero attached hydrogens (tertiary/aromatic N) is 2. The van der Waals surface area contributed by atoms with E-state index in [4.69, 9.17) is 20.6 Å². The minimum Gasteiger partial charge on any atom is -0.460 e. The molecule has 0 aromatic carbocycles. The normalized spacial score (nSPS) is 10.8. The van der Waals surface area contributed by atoms with Crippen LogP contribution < -0.4 is 21.5 Å². The van der Waals surface area contributed by atoms with Crippen LogP contribution in [0.1, 0.15) is 5.76 Å². The largest absolute Gasteiger partial charge is 0.460 e. The van der Waals surface area contributed by atoms with Crippen molar-refractivity contribution in [2.75, 3.05) is 18.1 Å². The molecule has 3 aromatic rings. The fraction of sp³-hybridized carbons (Fsp3) is 0.154. The van der Waals surface area contributed by atoms with Gasteiger partial charge in [-0.15, -0.1) is 0 Å². The molecule has 0 saturated carbocycles. The minimum absolute atomic E-state index is 0.189. The van der Waals surface area contributed by atoms with Gasteiger partial charge in [-0.05, 0) is 19.1 Å². The van der Waals surface area contributed by atoms with Gasteiger partial charge in [0.05, 0.1) is 11.1 Å². The molecule has 114 valence electrons. The number of hydrogen-bond donors (Lipinski definition) is 3. The Labute approximate surface area is 129 Å². The van der Waals surface area contributed by atoms with E-state index in [1.165, 1.54) is 0 Å². The highest BCUT2D eigenvalue weighted by Crippen LogP contribution is 2.43. The van der Waals surface area contributed by atoms with Gasteiger partial charge in [0, 0.05) is 7.05 Å². The van der Waals surface area contributed by atoms with Crippen molar-refractivity contribution in [1.29, 1.82) is 0 Å². The third kappa shape index (κ3) is 2.31. The van der Waals surface area contributed by atoms with E-state index in [1.807, 2.05) is 13.0 Å². The zero-order valence-electron chi connectivity index (χ0n) is 11.8. The van der Waals surface area contributed by atoms with Gasteiger partial charge >= 0.3 is 6.09 Å². The Morgan fingerprint density at radius 2 is 2.18 bits per heavy atom. The fourth-order valence-electron chi connectivity index (χ4n) is 2.02. The molecule has 0 spiro atoms. The topological polar surface area (TPSA) is 129 Å². The molecule has 0 fully saturated rings. The summed E-state index contributed by atoms with van der Waals surface area (Å²) in [6.07, 6.45) is -0.935. The van der Waals surface area contributed by atoms with Crippen LogP contribution in [-0.4, -0.2) is 23.1 Å². The quantitative estimate of drug-likeness (QED) is 0.675. The maximum absolute atomic E-state index is 11.0. The molecular weight excluding hydrogens is 306 g/mol. The van der Waals surface area contributed by atoms with E-state index in [2.05, 4.69) is 15.3 Å². The molecule has 5 N–H and O–H groups in total. The van der Waals surface area contributed by atoms with Crippen molar-refractivity contribution in [2.45, 2.75) is 6.92 Å². The number of carbonyl (C=O) groups excluding carboxylic acids is 1. The number of hydrogen-bond acceptors (Lipinski definition) is 8. The maximum atomic E-state index is 11.0. The highest BCUT2D eigenvalue weighted by atomic mass is 32.1. The van der Waals surface area contributed by atoms with E-state index in [0.29, 0.717) is 27.6 Å². The average Bonchev–Trinajstić information content (AvgIpc) is 3.02. The highest BCUT2D eigenvalue weighted by Gasteiger charge is 2.21. The summed E-state index contributed by atoms with van der Waals surface area (Å²) < 4.78 is 10.5. The van der Waals surface area contributed by atoms with Crippen LogP contribution >= 0.6 is 11.3 Å². The number of anilines is 2. The number of thiophene rings is 1. The van der Waals surface area contributed by atoms with Crippen molar-refractivity contribution in [3.05, 3.63) is 17.9 Å². The first kappa shape index (κ1) is 14.1. The summed E-state index contributed by atoms with van der Waals surface area (Å²) in [5.74, 6) is 1.70. The second-order valence-electron chi connectivity index (χ2n) is 4.46. The van der Waals surface area contributed by atoms with Crippen LogP contribution in [0.4, 0.5) is 16.4 Å². The second-order valence-corrected chi connectivity index (χ2v) is 5.42. The summed E-state index contributed by atoms with van der Waals surface area (Å²) >= 11 is 1.12. The van der Waals surface area contributed by atoms with Gasteiger partial charge in [-0.1, -0.05) is 11.3 Å². The number of nitrogen functional groups attached to an aromatic ring is 1. The second kappa shape index (κ2) is 5.19. The number of ether oxygens (including phenoxy) is 1. The third-order valence-electron chi connectivity index (χ3n) is 2.95. The van der Waals surface area contributed by atoms with Gasteiger partial charge in [0.1, 0.15) is 16.3 Å². The number of rotatable bonds is 3. The molecule has 0 aliphatic carbocycles. The summed E-state index contributed by atoms with van der Waals surface area (Å²) in [6, 6.07) is 3.62. The first-order valence-corrected chi connectivity index (χ1v) is 7.13. The highest BCUT2D eigenvalue weighted by molar-refractivity contribution is 7.21. The van der Waals surface area contributed by atoms with Gasteiger partial charge in [-0.2, -0.15) is 0 Å². The standard InChI is InChI=1S/C13H13N5O3S/c1-5-3-4-6(20-5)9-7-8(14)11(21-12(15)19)22-10(7)18-13(16-2)17-9/h3-4H,14H2,1-2H3,(H2,15,19)(H,16,17,18). The van der Waals surface area contributed by atoms with E-state index in [1.54, 1.807) is 13.1 Å². The van der Waals surface area contributed by atoms with Gasteiger partial charge in [-0.25, -0.2) is 14.8 Å². The summed E-state index contributed by atoms with van der Waals surface area (Å²) in [6.45, 7) is 1.83. The lowest BCUT2D eigenvalue weighted by molar-refractivity contribution is 0.212. The lowest BCUT2D eigenvalue weighted by Crippen LogP contribution is -2.16. The molecule has 0 saturated heterocycles. The fourth-order valence-corrected chi connectivity index (χ4v) is 2.97. The number of aromatic nitrogens is 2. The molecule has 0 bridgehead atoms. The number of fused-ring (bicyclic) bond motifs is 1. The summed E-state index contributed by atoms with van der Waals surface area (Å²) in [5, 5.41) is 3.63. The Kier molecular flexibility index (Phi) is 3.33. The first-order valence-electron chi connectivity index (χ1n) is 6.31. The molecule has 0 unspecified atom stereocenters. The van der Waals surface area contributed by atoms with E-state index in [-0.39, 0.29) is 10.8 Å². The average molecular weight is 319 g/mol. The van der Waals surface area contributed by atoms with Gasteiger partial charge in [0.2, 0.25) is 11.0 Å². The number of primary amides is 1. The number of aryl methyl sites for hydroxylation is 1. The van der Waals surface area contributed by atoms with Gasteiger partial charge in [0.15, 0.2) is 5.76 Å². The molecule has 3 rings (SSSR count). The molecule has 1 amide bonds. The van der Waals surface area contributed by atoms with E-state index in [9.17, 15) is 4.79 Å². The molecule has 3 aromatic heterocycles. The Hall–Kier alpha value is -2.81. The van der Waals surface area contributed by atoms with Crippen LogP contribution in [0, 0.1) is 6.92 Å². The molecule has 8 nitrogen and oxygen atoms in total. The lowest BCUT2D eigenvalue weighted by Gasteiger charge is -2.04. The Bertz CT molecular complexity index is 870. The van der Waals surface area contributed by atoms with Crippen LogP contribution in [0.15, 0.2) is 16.5 Å². The van der Waals surface area contributed by atoms with Crippen molar-refractivity contribution in [1.82, 2.24) is 9.97 Å². The van der Waals surface area contributed by atoms with E-state index < -0.39 is 6.09 Å². The molecule has 9 heteroatoms. The van der Waals surface area contributed by atoms with Crippen LogP contribution in [0.3, 0.4) is 0 Å². The molecule has 0 aliphatic rings. The van der Waals surface area contributed by atoms with Gasteiger partial charge in [-0.3, -0.25) is 0 Å². The van der Waals surface area contributed by atoms with Crippen molar-refractivity contribution in [3.63, 3.8) is 0 Å². The number of carbonyl (C=O) groups is 1. The van der Waals surface area contributed by atoms with E-state index >= 15 is 0 Å². The minimum atomic E-state index is -0.935.